The Bertz CT molecular complexity index is 758. The molecule has 30 heavy (non-hydrogen) atoms. The van der Waals surface area contributed by atoms with Gasteiger partial charge in [0.15, 0.2) is 0 Å². The fraction of sp³-hybridized carbons (Fsp3) is 0.727. The van der Waals surface area contributed by atoms with Crippen LogP contribution >= 0.6 is 0 Å². The summed E-state index contributed by atoms with van der Waals surface area (Å²) in [6, 6.07) is 3.76. The zero-order valence-corrected chi connectivity index (χ0v) is 19.0. The van der Waals surface area contributed by atoms with Crippen molar-refractivity contribution in [1.82, 2.24) is 0 Å². The molecule has 1 aromatic carbocycles. The Labute approximate surface area is 178 Å². The van der Waals surface area contributed by atoms with Gasteiger partial charge in [-0.1, -0.05) is 0 Å². The number of nitrogens with zero attached hydrogens (tertiary/aromatic N) is 1. The Morgan fingerprint density at radius 2 is 1.60 bits per heavy atom. The van der Waals surface area contributed by atoms with Crippen molar-refractivity contribution in [3.63, 3.8) is 0 Å². The van der Waals surface area contributed by atoms with Crippen LogP contribution in [0, 0.1) is 0 Å². The maximum absolute atomic E-state index is 13.7. The van der Waals surface area contributed by atoms with Crippen molar-refractivity contribution in [3.8, 4) is 5.75 Å². The molecular weight excluding hydrogens is 394 g/mol. The van der Waals surface area contributed by atoms with Crippen LogP contribution < -0.4 is 15.1 Å². The van der Waals surface area contributed by atoms with Crippen molar-refractivity contribution >= 4 is 18.3 Å². The van der Waals surface area contributed by atoms with Gasteiger partial charge in [-0.05, 0) is 85.3 Å². The minimum absolute atomic E-state index is 0.0969. The van der Waals surface area contributed by atoms with Crippen molar-refractivity contribution in [3.05, 3.63) is 18.2 Å². The Morgan fingerprint density at radius 1 is 1.00 bits per heavy atom. The highest BCUT2D eigenvalue weighted by atomic mass is 19.4. The lowest BCUT2D eigenvalue weighted by Crippen LogP contribution is -2.49. The van der Waals surface area contributed by atoms with Gasteiger partial charge >= 0.3 is 13.3 Å². The van der Waals surface area contributed by atoms with E-state index in [1.807, 2.05) is 54.5 Å². The molecule has 0 bridgehead atoms. The second-order valence-corrected chi connectivity index (χ2v) is 10.3. The lowest BCUT2D eigenvalue weighted by Gasteiger charge is -2.39. The van der Waals surface area contributed by atoms with Crippen molar-refractivity contribution < 1.29 is 27.2 Å². The first-order chi connectivity index (χ1) is 13.6. The van der Waals surface area contributed by atoms with Crippen LogP contribution in [-0.2, 0) is 9.31 Å². The third kappa shape index (κ3) is 4.91. The summed E-state index contributed by atoms with van der Waals surface area (Å²) in [5, 5.41) is 0. The summed E-state index contributed by atoms with van der Waals surface area (Å²) in [7, 11) is -0.675. The molecule has 0 aliphatic carbocycles. The van der Waals surface area contributed by atoms with E-state index < -0.39 is 36.1 Å². The zero-order valence-electron chi connectivity index (χ0n) is 19.0. The van der Waals surface area contributed by atoms with E-state index in [-0.39, 0.29) is 6.42 Å². The van der Waals surface area contributed by atoms with E-state index in [2.05, 4.69) is 0 Å². The summed E-state index contributed by atoms with van der Waals surface area (Å²) in [4.78, 5) is 1.45. The van der Waals surface area contributed by atoms with Crippen LogP contribution in [0.3, 0.4) is 0 Å². The van der Waals surface area contributed by atoms with Crippen molar-refractivity contribution in [1.29, 1.82) is 0 Å². The van der Waals surface area contributed by atoms with Gasteiger partial charge in [0, 0.05) is 18.3 Å². The van der Waals surface area contributed by atoms with E-state index in [0.29, 0.717) is 29.9 Å². The van der Waals surface area contributed by atoms with E-state index in [9.17, 15) is 13.2 Å². The van der Waals surface area contributed by atoms with Gasteiger partial charge in [-0.25, -0.2) is 0 Å². The molecule has 1 atom stereocenters. The quantitative estimate of drug-likeness (QED) is 0.630. The van der Waals surface area contributed by atoms with Crippen LogP contribution in [0.5, 0.6) is 5.75 Å². The topological polar surface area (TPSA) is 30.9 Å². The predicted octanol–water partition coefficient (Wildman–Crippen LogP) is 5.08. The van der Waals surface area contributed by atoms with E-state index in [0.717, 1.165) is 6.42 Å². The minimum Gasteiger partial charge on any atom is -0.488 e. The van der Waals surface area contributed by atoms with Crippen molar-refractivity contribution in [2.75, 3.05) is 11.4 Å². The Morgan fingerprint density at radius 3 is 2.13 bits per heavy atom. The molecular formula is C22H33BF3NO3. The fourth-order valence-corrected chi connectivity index (χ4v) is 3.88. The van der Waals surface area contributed by atoms with Gasteiger partial charge in [0.05, 0.1) is 11.2 Å². The van der Waals surface area contributed by atoms with Crippen LogP contribution in [0.15, 0.2) is 18.2 Å². The van der Waals surface area contributed by atoms with Crippen LogP contribution in [0.4, 0.5) is 18.9 Å². The average molecular weight is 427 g/mol. The highest BCUT2D eigenvalue weighted by Gasteiger charge is 2.52. The van der Waals surface area contributed by atoms with Gasteiger partial charge in [0.25, 0.3) is 0 Å². The molecule has 8 heteroatoms. The molecule has 0 amide bonds. The largest absolute Gasteiger partial charge is 0.495 e. The molecule has 2 saturated heterocycles. The summed E-state index contributed by atoms with van der Waals surface area (Å²) >= 11 is 0. The number of hydrogen-bond acceptors (Lipinski definition) is 4. The minimum atomic E-state index is -4.29. The van der Waals surface area contributed by atoms with Crippen molar-refractivity contribution in [2.45, 2.75) is 96.7 Å². The number of alkyl halides is 3. The van der Waals surface area contributed by atoms with Crippen LogP contribution in [0.1, 0.15) is 67.7 Å². The zero-order chi connectivity index (χ0) is 22.5. The molecule has 3 rings (SSSR count). The van der Waals surface area contributed by atoms with Gasteiger partial charge in [0.2, 0.25) is 0 Å². The molecule has 4 nitrogen and oxygen atoms in total. The molecule has 0 radical (unpaired) electrons. The normalized spacial score (nSPS) is 24.3. The Balaban J connectivity index is 2.03. The molecule has 2 fully saturated rings. The molecule has 2 heterocycles. The number of benzene rings is 1. The van der Waals surface area contributed by atoms with Gasteiger partial charge in [-0.3, -0.25) is 0 Å². The fourth-order valence-electron chi connectivity index (χ4n) is 3.88. The number of anilines is 1. The summed E-state index contributed by atoms with van der Waals surface area (Å²) in [5.41, 5.74) is -0.422. The maximum Gasteiger partial charge on any atom is 0.495 e. The maximum atomic E-state index is 13.7. The summed E-state index contributed by atoms with van der Waals surface area (Å²) in [6.45, 7) is 13.9. The van der Waals surface area contributed by atoms with Gasteiger partial charge in [-0.15, -0.1) is 0 Å². The monoisotopic (exact) mass is 427 g/mol. The second-order valence-electron chi connectivity index (χ2n) is 10.3. The number of hydrogen-bond donors (Lipinski definition) is 0. The molecule has 0 spiro atoms. The smallest absolute Gasteiger partial charge is 0.488 e. The molecule has 1 aromatic rings. The molecule has 168 valence electrons. The second kappa shape index (κ2) is 7.62. The van der Waals surface area contributed by atoms with E-state index in [1.54, 1.807) is 12.1 Å². The SMILES string of the molecule is CC(C)(C)Oc1cc(B2OC(C)(C)C(C)(C)O2)cc(N2CCCCC2C(F)(F)F)c1. The summed E-state index contributed by atoms with van der Waals surface area (Å²) in [5.74, 6) is 0.510. The number of piperidine rings is 1. The highest BCUT2D eigenvalue weighted by Crippen LogP contribution is 2.39. The van der Waals surface area contributed by atoms with E-state index >= 15 is 0 Å². The molecule has 0 saturated carbocycles. The number of rotatable bonds is 3. The Kier molecular flexibility index (Phi) is 5.91. The van der Waals surface area contributed by atoms with Crippen LogP contribution in [0.25, 0.3) is 0 Å². The lowest BCUT2D eigenvalue weighted by atomic mass is 9.78. The molecule has 0 aromatic heterocycles. The summed E-state index contributed by atoms with van der Waals surface area (Å²) in [6.07, 6.45) is -2.89. The average Bonchev–Trinajstić information content (AvgIpc) is 2.80. The lowest BCUT2D eigenvalue weighted by molar-refractivity contribution is -0.152. The van der Waals surface area contributed by atoms with Gasteiger partial charge < -0.3 is 18.9 Å². The van der Waals surface area contributed by atoms with Crippen molar-refractivity contribution in [2.24, 2.45) is 0 Å². The Hall–Kier alpha value is -1.41. The number of halogens is 3. The standard InChI is InChI=1S/C22H33BF3NO3/c1-19(2,3)28-17-13-15(23-29-20(4,5)21(6,7)30-23)12-16(14-17)27-11-9-8-10-18(27)22(24,25)26/h12-14,18H,8-11H2,1-7H3. The number of ether oxygens (including phenoxy) is 1. The van der Waals surface area contributed by atoms with Crippen LogP contribution in [0.2, 0.25) is 0 Å². The van der Waals surface area contributed by atoms with E-state index in [4.69, 9.17) is 14.0 Å². The van der Waals surface area contributed by atoms with E-state index in [1.165, 1.54) is 4.90 Å². The molecule has 0 N–H and O–H groups in total. The van der Waals surface area contributed by atoms with Crippen LogP contribution in [-0.4, -0.2) is 42.7 Å². The first-order valence-corrected chi connectivity index (χ1v) is 10.6. The predicted molar refractivity (Wildman–Crippen MR) is 114 cm³/mol. The van der Waals surface area contributed by atoms with Gasteiger partial charge in [-0.2, -0.15) is 13.2 Å². The first-order valence-electron chi connectivity index (χ1n) is 10.6. The van der Waals surface area contributed by atoms with Gasteiger partial charge in [0.1, 0.15) is 17.4 Å². The third-order valence-corrected chi connectivity index (χ3v) is 6.08. The third-order valence-electron chi connectivity index (χ3n) is 6.08. The summed E-state index contributed by atoms with van der Waals surface area (Å²) < 4.78 is 59.5. The molecule has 2 aliphatic rings. The first kappa shape index (κ1) is 23.3. The highest BCUT2D eigenvalue weighted by molar-refractivity contribution is 6.62. The molecule has 1 unspecified atom stereocenters. The molecule has 2 aliphatic heterocycles.